The summed E-state index contributed by atoms with van der Waals surface area (Å²) in [4.78, 5) is 14.9. The summed E-state index contributed by atoms with van der Waals surface area (Å²) in [5.74, 6) is 0.828. The summed E-state index contributed by atoms with van der Waals surface area (Å²) in [6.45, 7) is 2.78. The Hall–Kier alpha value is -6.04. The van der Waals surface area contributed by atoms with Gasteiger partial charge in [0.1, 0.15) is 23.5 Å². The van der Waals surface area contributed by atoms with E-state index >= 15 is 0 Å². The van der Waals surface area contributed by atoms with Gasteiger partial charge in [0.2, 0.25) is 5.52 Å². The number of hydrogen-bond acceptors (Lipinski definition) is 10. The number of allylic oxidation sites excluding steroid dienone is 4. The SMILES string of the molecule is CCN1C(/C=C/c2ccc(-c3ccc(Oc4ccc([N+](=O)[O-])c5nonc45)cc3)s2)=CC(=C(C#N)C#N)c2ccccc21. The van der Waals surface area contributed by atoms with Crippen molar-refractivity contribution in [2.75, 3.05) is 11.4 Å². The molecular weight excluding hydrogens is 564 g/mol. The van der Waals surface area contributed by atoms with E-state index < -0.39 is 4.92 Å². The lowest BCUT2D eigenvalue weighted by atomic mass is 9.93. The van der Waals surface area contributed by atoms with E-state index in [-0.39, 0.29) is 22.3 Å². The molecule has 3 aromatic carbocycles. The molecule has 208 valence electrons. The van der Waals surface area contributed by atoms with Crippen LogP contribution in [0.3, 0.4) is 0 Å². The van der Waals surface area contributed by atoms with Crippen molar-refractivity contribution in [3.63, 3.8) is 0 Å². The smallest absolute Gasteiger partial charge is 0.301 e. The third-order valence-corrected chi connectivity index (χ3v) is 7.96. The lowest BCUT2D eigenvalue weighted by Gasteiger charge is -2.31. The minimum atomic E-state index is -0.547. The predicted molar refractivity (Wildman–Crippen MR) is 163 cm³/mol. The van der Waals surface area contributed by atoms with Crippen LogP contribution in [0.25, 0.3) is 33.1 Å². The van der Waals surface area contributed by atoms with E-state index in [9.17, 15) is 20.6 Å². The highest BCUT2D eigenvalue weighted by atomic mass is 32.1. The van der Waals surface area contributed by atoms with Crippen LogP contribution in [0.15, 0.2) is 101 Å². The maximum absolute atomic E-state index is 11.2. The molecule has 0 aliphatic carbocycles. The summed E-state index contributed by atoms with van der Waals surface area (Å²) in [7, 11) is 0. The van der Waals surface area contributed by atoms with Crippen LogP contribution in [-0.2, 0) is 0 Å². The molecule has 1 aliphatic rings. The van der Waals surface area contributed by atoms with Gasteiger partial charge in [0.25, 0.3) is 0 Å². The van der Waals surface area contributed by atoms with E-state index in [1.807, 2.05) is 91.0 Å². The molecule has 2 aromatic heterocycles. The molecule has 10 nitrogen and oxygen atoms in total. The van der Waals surface area contributed by atoms with Gasteiger partial charge in [-0.1, -0.05) is 18.2 Å². The van der Waals surface area contributed by atoms with Crippen LogP contribution in [0.2, 0.25) is 0 Å². The van der Waals surface area contributed by atoms with Gasteiger partial charge in [-0.15, -0.1) is 11.3 Å². The number of para-hydroxylation sites is 1. The van der Waals surface area contributed by atoms with E-state index in [1.165, 1.54) is 12.1 Å². The van der Waals surface area contributed by atoms with Crippen LogP contribution in [0.4, 0.5) is 11.4 Å². The Morgan fingerprint density at radius 2 is 1.79 bits per heavy atom. The second kappa shape index (κ2) is 11.4. The number of aromatic nitrogens is 2. The Balaban J connectivity index is 1.23. The third kappa shape index (κ3) is 5.12. The van der Waals surface area contributed by atoms with Gasteiger partial charge in [0.05, 0.1) is 4.92 Å². The van der Waals surface area contributed by atoms with Crippen LogP contribution in [0.1, 0.15) is 17.4 Å². The zero-order chi connectivity index (χ0) is 29.9. The fourth-order valence-corrected chi connectivity index (χ4v) is 5.78. The quantitative estimate of drug-likeness (QED) is 0.106. The molecule has 0 amide bonds. The first-order valence-corrected chi connectivity index (χ1v) is 13.9. The van der Waals surface area contributed by atoms with Crippen molar-refractivity contribution < 1.29 is 14.3 Å². The molecule has 0 unspecified atom stereocenters. The minimum Gasteiger partial charge on any atom is -0.455 e. The number of fused-ring (bicyclic) bond motifs is 2. The van der Waals surface area contributed by atoms with Crippen molar-refractivity contribution in [1.29, 1.82) is 10.5 Å². The Morgan fingerprint density at radius 3 is 2.53 bits per heavy atom. The van der Waals surface area contributed by atoms with Crippen molar-refractivity contribution in [3.05, 3.63) is 117 Å². The molecule has 1 aliphatic heterocycles. The number of non-ortho nitro benzene ring substituents is 1. The molecule has 0 saturated heterocycles. The van der Waals surface area contributed by atoms with Gasteiger partial charge in [0, 0.05) is 44.9 Å². The summed E-state index contributed by atoms with van der Waals surface area (Å²) in [6.07, 6.45) is 5.92. The molecule has 43 heavy (non-hydrogen) atoms. The lowest BCUT2D eigenvalue weighted by molar-refractivity contribution is -0.383. The third-order valence-electron chi connectivity index (χ3n) is 6.86. The Labute approximate surface area is 249 Å². The first kappa shape index (κ1) is 27.1. The number of thiophene rings is 1. The maximum Gasteiger partial charge on any atom is 0.301 e. The summed E-state index contributed by atoms with van der Waals surface area (Å²) >= 11 is 1.62. The van der Waals surface area contributed by atoms with E-state index in [4.69, 9.17) is 9.37 Å². The largest absolute Gasteiger partial charge is 0.455 e. The highest BCUT2D eigenvalue weighted by Crippen LogP contribution is 2.39. The molecule has 0 N–H and O–H groups in total. The summed E-state index contributed by atoms with van der Waals surface area (Å²) in [5, 5.41) is 37.7. The average molecular weight is 585 g/mol. The number of benzene rings is 3. The number of nitro benzene ring substituents is 1. The van der Waals surface area contributed by atoms with Crippen molar-refractivity contribution in [2.45, 2.75) is 6.92 Å². The molecule has 0 radical (unpaired) electrons. The van der Waals surface area contributed by atoms with Crippen LogP contribution in [0, 0.1) is 32.8 Å². The van der Waals surface area contributed by atoms with Crippen LogP contribution in [0.5, 0.6) is 11.5 Å². The number of anilines is 1. The number of nitriles is 2. The zero-order valence-electron chi connectivity index (χ0n) is 22.6. The number of nitro groups is 1. The van der Waals surface area contributed by atoms with Crippen LogP contribution >= 0.6 is 11.3 Å². The molecule has 3 heterocycles. The van der Waals surface area contributed by atoms with Gasteiger partial charge in [-0.3, -0.25) is 10.1 Å². The molecule has 11 heteroatoms. The van der Waals surface area contributed by atoms with E-state index in [0.29, 0.717) is 17.1 Å². The van der Waals surface area contributed by atoms with E-state index in [1.54, 1.807) is 11.3 Å². The topological polar surface area (TPSA) is 142 Å². The molecule has 5 aromatic rings. The number of likely N-dealkylation sites (N-methyl/N-ethyl adjacent to an activating group) is 1. The fourth-order valence-electron chi connectivity index (χ4n) is 4.86. The summed E-state index contributed by atoms with van der Waals surface area (Å²) < 4.78 is 10.6. The van der Waals surface area contributed by atoms with Crippen molar-refractivity contribution in [3.8, 4) is 34.1 Å². The molecule has 0 bridgehead atoms. The number of ether oxygens (including phenoxy) is 1. The van der Waals surface area contributed by atoms with Crippen LogP contribution < -0.4 is 9.64 Å². The van der Waals surface area contributed by atoms with Gasteiger partial charge in [-0.05, 0) is 89.6 Å². The van der Waals surface area contributed by atoms with Crippen LogP contribution in [-0.4, -0.2) is 21.8 Å². The van der Waals surface area contributed by atoms with Gasteiger partial charge >= 0.3 is 5.69 Å². The standard InChI is InChI=1S/C32H20N6O4S/c1-2-37-22(17-26(21(18-33)19-34)25-5-3-4-6-27(25)37)9-12-24-13-16-30(43-24)20-7-10-23(11-8-20)41-29-15-14-28(38(39)40)31-32(29)36-42-35-31/h3-17H,2H2,1H3/b12-9+. The van der Waals surface area contributed by atoms with Crippen molar-refractivity contribution >= 4 is 45.4 Å². The molecule has 6 rings (SSSR count). The zero-order valence-corrected chi connectivity index (χ0v) is 23.4. The van der Waals surface area contributed by atoms with E-state index in [2.05, 4.69) is 22.1 Å². The predicted octanol–water partition coefficient (Wildman–Crippen LogP) is 7.89. The summed E-state index contributed by atoms with van der Waals surface area (Å²) in [5.41, 5.74) is 4.38. The first-order valence-electron chi connectivity index (χ1n) is 13.1. The molecular formula is C32H20N6O4S. The first-order chi connectivity index (χ1) is 21.0. The molecule has 0 spiro atoms. The normalized spacial score (nSPS) is 12.5. The van der Waals surface area contributed by atoms with E-state index in [0.717, 1.165) is 38.8 Å². The minimum absolute atomic E-state index is 0.0244. The fraction of sp³-hybridized carbons (Fsp3) is 0.0625. The Kier molecular flexibility index (Phi) is 7.23. The molecule has 0 saturated carbocycles. The van der Waals surface area contributed by atoms with Crippen molar-refractivity contribution in [2.24, 2.45) is 0 Å². The monoisotopic (exact) mass is 584 g/mol. The second-order valence-corrected chi connectivity index (χ2v) is 10.4. The van der Waals surface area contributed by atoms with Gasteiger partial charge in [-0.2, -0.15) is 10.5 Å². The number of nitrogens with zero attached hydrogens (tertiary/aromatic N) is 6. The molecule has 0 fully saturated rings. The highest BCUT2D eigenvalue weighted by Gasteiger charge is 2.23. The lowest BCUT2D eigenvalue weighted by Crippen LogP contribution is -2.25. The summed E-state index contributed by atoms with van der Waals surface area (Å²) in [6, 6.07) is 26.2. The number of hydrogen-bond donors (Lipinski definition) is 0. The van der Waals surface area contributed by atoms with Crippen molar-refractivity contribution in [1.82, 2.24) is 10.3 Å². The Bertz CT molecular complexity index is 2040. The van der Waals surface area contributed by atoms with Gasteiger partial charge in [0.15, 0.2) is 11.3 Å². The highest BCUT2D eigenvalue weighted by molar-refractivity contribution is 7.16. The maximum atomic E-state index is 11.2. The van der Waals surface area contributed by atoms with Gasteiger partial charge < -0.3 is 9.64 Å². The average Bonchev–Trinajstić information content (AvgIpc) is 3.72. The van der Waals surface area contributed by atoms with Gasteiger partial charge in [-0.25, -0.2) is 4.63 Å². The molecule has 0 atom stereocenters. The number of rotatable bonds is 7. The second-order valence-electron chi connectivity index (χ2n) is 9.31. The Morgan fingerprint density at radius 1 is 1.02 bits per heavy atom.